The molecule has 0 saturated heterocycles. The molecule has 1 aliphatic heterocycles. The molecule has 3 heteroatoms. The fourth-order valence-electron chi connectivity index (χ4n) is 2.69. The van der Waals surface area contributed by atoms with Gasteiger partial charge in [0.1, 0.15) is 5.75 Å². The molecular weight excluding hydrogens is 262 g/mol. The topological polar surface area (TPSA) is 30.5 Å². The maximum absolute atomic E-state index is 5.90. The summed E-state index contributed by atoms with van der Waals surface area (Å²) in [5, 5.41) is 3.44. The summed E-state index contributed by atoms with van der Waals surface area (Å²) in [5.41, 5.74) is 3.80. The summed E-state index contributed by atoms with van der Waals surface area (Å²) in [6, 6.07) is 16.6. The quantitative estimate of drug-likeness (QED) is 0.905. The third-order valence-electron chi connectivity index (χ3n) is 3.75. The van der Waals surface area contributed by atoms with Crippen LogP contribution in [0.25, 0.3) is 0 Å². The summed E-state index contributed by atoms with van der Waals surface area (Å²) < 4.78 is 11.4. The molecule has 0 spiro atoms. The van der Waals surface area contributed by atoms with E-state index in [1.807, 2.05) is 31.2 Å². The molecule has 1 heterocycles. The number of nitrogens with one attached hydrogen (secondary N) is 1. The molecule has 0 saturated carbocycles. The summed E-state index contributed by atoms with van der Waals surface area (Å²) in [7, 11) is 0. The van der Waals surface area contributed by atoms with Crippen molar-refractivity contribution in [3.63, 3.8) is 0 Å². The Balaban J connectivity index is 1.63. The smallest absolute Gasteiger partial charge is 0.119 e. The molecule has 0 aromatic heterocycles. The van der Waals surface area contributed by atoms with Gasteiger partial charge in [0, 0.05) is 12.2 Å². The monoisotopic (exact) mass is 283 g/mol. The molecule has 2 aromatic carbocycles. The van der Waals surface area contributed by atoms with Crippen LogP contribution in [0, 0.1) is 0 Å². The molecule has 110 valence electrons. The lowest BCUT2D eigenvalue weighted by atomic mass is 9.97. The van der Waals surface area contributed by atoms with E-state index in [1.54, 1.807) is 0 Å². The minimum atomic E-state index is 0.126. The van der Waals surface area contributed by atoms with Gasteiger partial charge in [0.05, 0.1) is 19.3 Å². The van der Waals surface area contributed by atoms with Crippen molar-refractivity contribution in [1.29, 1.82) is 0 Å². The van der Waals surface area contributed by atoms with Crippen LogP contribution in [0.1, 0.15) is 24.2 Å². The van der Waals surface area contributed by atoms with Crippen molar-refractivity contribution in [2.75, 3.05) is 25.1 Å². The normalized spacial score (nSPS) is 17.1. The number of rotatable bonds is 5. The number of hydrogen-bond acceptors (Lipinski definition) is 3. The summed E-state index contributed by atoms with van der Waals surface area (Å²) in [6.45, 7) is 4.27. The average Bonchev–Trinajstić information content (AvgIpc) is 2.54. The van der Waals surface area contributed by atoms with Crippen LogP contribution >= 0.6 is 0 Å². The first-order valence-electron chi connectivity index (χ1n) is 7.53. The largest absolute Gasteiger partial charge is 0.494 e. The van der Waals surface area contributed by atoms with Crippen LogP contribution in [-0.2, 0) is 11.2 Å². The van der Waals surface area contributed by atoms with E-state index < -0.39 is 0 Å². The molecule has 3 nitrogen and oxygen atoms in total. The molecule has 21 heavy (non-hydrogen) atoms. The van der Waals surface area contributed by atoms with E-state index in [1.165, 1.54) is 11.1 Å². The fourth-order valence-corrected chi connectivity index (χ4v) is 2.69. The van der Waals surface area contributed by atoms with E-state index in [9.17, 15) is 0 Å². The highest BCUT2D eigenvalue weighted by molar-refractivity contribution is 5.47. The molecule has 2 aromatic rings. The van der Waals surface area contributed by atoms with Crippen LogP contribution in [-0.4, -0.2) is 19.8 Å². The molecule has 0 radical (unpaired) electrons. The standard InChI is InChI=1S/C18H21NO2/c1-2-20-16-9-7-15(8-10-16)19-13-18-17-6-4-3-5-14(17)11-12-21-18/h3-10,18-19H,2,11-13H2,1H3. The van der Waals surface area contributed by atoms with Crippen molar-refractivity contribution < 1.29 is 9.47 Å². The van der Waals surface area contributed by atoms with Gasteiger partial charge in [-0.2, -0.15) is 0 Å². The minimum Gasteiger partial charge on any atom is -0.494 e. The Hall–Kier alpha value is -2.00. The predicted octanol–water partition coefficient (Wildman–Crippen LogP) is 3.81. The summed E-state index contributed by atoms with van der Waals surface area (Å²) in [4.78, 5) is 0. The highest BCUT2D eigenvalue weighted by Gasteiger charge is 2.19. The molecule has 1 atom stereocenters. The minimum absolute atomic E-state index is 0.126. The predicted molar refractivity (Wildman–Crippen MR) is 84.9 cm³/mol. The number of hydrogen-bond donors (Lipinski definition) is 1. The molecule has 1 aliphatic rings. The Morgan fingerprint density at radius 2 is 1.95 bits per heavy atom. The average molecular weight is 283 g/mol. The van der Waals surface area contributed by atoms with Crippen molar-refractivity contribution >= 4 is 5.69 Å². The van der Waals surface area contributed by atoms with Crippen LogP contribution in [0.3, 0.4) is 0 Å². The Labute approximate surface area is 125 Å². The second-order valence-electron chi connectivity index (χ2n) is 5.15. The summed E-state index contributed by atoms with van der Waals surface area (Å²) >= 11 is 0. The number of fused-ring (bicyclic) bond motifs is 1. The van der Waals surface area contributed by atoms with Gasteiger partial charge in [-0.05, 0) is 48.7 Å². The van der Waals surface area contributed by atoms with Crippen LogP contribution in [0.2, 0.25) is 0 Å². The molecule has 3 rings (SSSR count). The molecule has 0 fully saturated rings. The van der Waals surface area contributed by atoms with Gasteiger partial charge in [0.15, 0.2) is 0 Å². The summed E-state index contributed by atoms with van der Waals surface area (Å²) in [6.07, 6.45) is 1.14. The van der Waals surface area contributed by atoms with Crippen LogP contribution in [0.5, 0.6) is 5.75 Å². The number of anilines is 1. The van der Waals surface area contributed by atoms with E-state index >= 15 is 0 Å². The van der Waals surface area contributed by atoms with Crippen LogP contribution in [0.15, 0.2) is 48.5 Å². The molecule has 0 amide bonds. The number of benzene rings is 2. The molecule has 1 unspecified atom stereocenters. The first-order valence-corrected chi connectivity index (χ1v) is 7.53. The van der Waals surface area contributed by atoms with Gasteiger partial charge in [0.2, 0.25) is 0 Å². The molecule has 0 aliphatic carbocycles. The van der Waals surface area contributed by atoms with Crippen molar-refractivity contribution in [2.24, 2.45) is 0 Å². The van der Waals surface area contributed by atoms with Gasteiger partial charge in [-0.15, -0.1) is 0 Å². The van der Waals surface area contributed by atoms with Gasteiger partial charge in [-0.25, -0.2) is 0 Å². The lowest BCUT2D eigenvalue weighted by molar-refractivity contribution is 0.0513. The Kier molecular flexibility index (Phi) is 4.41. The highest BCUT2D eigenvalue weighted by Crippen LogP contribution is 2.27. The van der Waals surface area contributed by atoms with E-state index in [-0.39, 0.29) is 6.10 Å². The Morgan fingerprint density at radius 1 is 1.14 bits per heavy atom. The zero-order valence-corrected chi connectivity index (χ0v) is 12.3. The molecule has 1 N–H and O–H groups in total. The zero-order chi connectivity index (χ0) is 14.5. The zero-order valence-electron chi connectivity index (χ0n) is 12.3. The SMILES string of the molecule is CCOc1ccc(NCC2OCCc3ccccc32)cc1. The van der Waals surface area contributed by atoms with Crippen LogP contribution in [0.4, 0.5) is 5.69 Å². The van der Waals surface area contributed by atoms with Gasteiger partial charge in [-0.3, -0.25) is 0 Å². The van der Waals surface area contributed by atoms with Crippen molar-refractivity contribution in [3.8, 4) is 5.75 Å². The maximum atomic E-state index is 5.90. The lowest BCUT2D eigenvalue weighted by Gasteiger charge is -2.26. The van der Waals surface area contributed by atoms with Crippen molar-refractivity contribution in [1.82, 2.24) is 0 Å². The van der Waals surface area contributed by atoms with Gasteiger partial charge in [0.25, 0.3) is 0 Å². The molecular formula is C18H21NO2. The van der Waals surface area contributed by atoms with Gasteiger partial charge < -0.3 is 14.8 Å². The maximum Gasteiger partial charge on any atom is 0.119 e. The van der Waals surface area contributed by atoms with Crippen molar-refractivity contribution in [2.45, 2.75) is 19.4 Å². The van der Waals surface area contributed by atoms with Gasteiger partial charge >= 0.3 is 0 Å². The first kappa shape index (κ1) is 14.0. The van der Waals surface area contributed by atoms with Gasteiger partial charge in [-0.1, -0.05) is 24.3 Å². The fraction of sp³-hybridized carbons (Fsp3) is 0.333. The third-order valence-corrected chi connectivity index (χ3v) is 3.75. The van der Waals surface area contributed by atoms with E-state index in [0.717, 1.165) is 31.0 Å². The Bertz CT molecular complexity index is 580. The Morgan fingerprint density at radius 3 is 2.76 bits per heavy atom. The van der Waals surface area contributed by atoms with Crippen LogP contribution < -0.4 is 10.1 Å². The van der Waals surface area contributed by atoms with E-state index in [4.69, 9.17) is 9.47 Å². The first-order chi connectivity index (χ1) is 10.4. The summed E-state index contributed by atoms with van der Waals surface area (Å²) in [5.74, 6) is 0.905. The van der Waals surface area contributed by atoms with E-state index in [0.29, 0.717) is 6.61 Å². The lowest BCUT2D eigenvalue weighted by Crippen LogP contribution is -2.22. The molecule has 0 bridgehead atoms. The number of ether oxygens (including phenoxy) is 2. The van der Waals surface area contributed by atoms with E-state index in [2.05, 4.69) is 29.6 Å². The second kappa shape index (κ2) is 6.64. The van der Waals surface area contributed by atoms with Crippen molar-refractivity contribution in [3.05, 3.63) is 59.7 Å². The second-order valence-corrected chi connectivity index (χ2v) is 5.15. The third kappa shape index (κ3) is 3.37. The highest BCUT2D eigenvalue weighted by atomic mass is 16.5.